The number of amides is 2. The van der Waals surface area contributed by atoms with E-state index in [4.69, 9.17) is 0 Å². The van der Waals surface area contributed by atoms with E-state index in [0.29, 0.717) is 5.75 Å². The standard InChI is InChI=1S/C22H28N2O2S/c1-5-17(3)24(22(26)15-27-19-11-7-6-8-12-19)14-21(25)23-20-13-9-10-16(2)18(20)4/h6-13,17H,5,14-15H2,1-4H3,(H,23,25)/t17-/m0/s1. The van der Waals surface area contributed by atoms with Gasteiger partial charge in [-0.2, -0.15) is 0 Å². The van der Waals surface area contributed by atoms with Gasteiger partial charge in [-0.25, -0.2) is 0 Å². The van der Waals surface area contributed by atoms with Gasteiger partial charge in [0.1, 0.15) is 6.54 Å². The van der Waals surface area contributed by atoms with Gasteiger partial charge in [0, 0.05) is 16.6 Å². The van der Waals surface area contributed by atoms with Crippen LogP contribution in [0.25, 0.3) is 0 Å². The summed E-state index contributed by atoms with van der Waals surface area (Å²) in [6.45, 7) is 8.07. The Balaban J connectivity index is 2.01. The molecule has 0 saturated carbocycles. The average Bonchev–Trinajstić information content (AvgIpc) is 2.68. The second-order valence-corrected chi connectivity index (χ2v) is 7.73. The molecule has 0 saturated heterocycles. The SMILES string of the molecule is CC[C@H](C)N(CC(=O)Nc1cccc(C)c1C)C(=O)CSc1ccccc1. The summed E-state index contributed by atoms with van der Waals surface area (Å²) < 4.78 is 0. The first-order valence-electron chi connectivity index (χ1n) is 9.25. The predicted octanol–water partition coefficient (Wildman–Crippen LogP) is 4.66. The molecule has 0 aromatic heterocycles. The van der Waals surface area contributed by atoms with Gasteiger partial charge in [0.2, 0.25) is 11.8 Å². The molecule has 0 spiro atoms. The van der Waals surface area contributed by atoms with Crippen molar-refractivity contribution < 1.29 is 9.59 Å². The van der Waals surface area contributed by atoms with Crippen LogP contribution in [0.2, 0.25) is 0 Å². The highest BCUT2D eigenvalue weighted by atomic mass is 32.2. The van der Waals surface area contributed by atoms with Gasteiger partial charge in [-0.3, -0.25) is 9.59 Å². The fourth-order valence-corrected chi connectivity index (χ4v) is 3.49. The fraction of sp³-hybridized carbons (Fsp3) is 0.364. The van der Waals surface area contributed by atoms with E-state index in [9.17, 15) is 9.59 Å². The maximum atomic E-state index is 12.8. The van der Waals surface area contributed by atoms with Crippen LogP contribution in [0.5, 0.6) is 0 Å². The second kappa shape index (κ2) is 10.2. The molecule has 2 aromatic rings. The smallest absolute Gasteiger partial charge is 0.244 e. The van der Waals surface area contributed by atoms with Crippen LogP contribution >= 0.6 is 11.8 Å². The number of thioether (sulfide) groups is 1. The topological polar surface area (TPSA) is 49.4 Å². The molecule has 0 aliphatic rings. The molecule has 0 aliphatic heterocycles. The molecule has 0 unspecified atom stereocenters. The van der Waals surface area contributed by atoms with Gasteiger partial charge >= 0.3 is 0 Å². The van der Waals surface area contributed by atoms with E-state index in [0.717, 1.165) is 28.1 Å². The van der Waals surface area contributed by atoms with Crippen molar-refractivity contribution in [3.8, 4) is 0 Å². The Morgan fingerprint density at radius 3 is 2.44 bits per heavy atom. The molecule has 4 nitrogen and oxygen atoms in total. The minimum atomic E-state index is -0.165. The van der Waals surface area contributed by atoms with Gasteiger partial charge in [0.25, 0.3) is 0 Å². The average molecular weight is 385 g/mol. The number of carbonyl (C=O) groups excluding carboxylic acids is 2. The normalized spacial score (nSPS) is 11.7. The summed E-state index contributed by atoms with van der Waals surface area (Å²) in [7, 11) is 0. The summed E-state index contributed by atoms with van der Waals surface area (Å²) in [5.74, 6) is 0.141. The number of rotatable bonds is 8. The van der Waals surface area contributed by atoms with Crippen molar-refractivity contribution in [2.24, 2.45) is 0 Å². The number of hydrogen-bond donors (Lipinski definition) is 1. The Labute approximate surface area is 166 Å². The third-order valence-electron chi connectivity index (χ3n) is 4.74. The van der Waals surface area contributed by atoms with Gasteiger partial charge in [-0.15, -0.1) is 11.8 Å². The van der Waals surface area contributed by atoms with Crippen molar-refractivity contribution in [3.05, 3.63) is 59.7 Å². The molecule has 1 N–H and O–H groups in total. The lowest BCUT2D eigenvalue weighted by molar-refractivity contribution is -0.134. The first-order valence-corrected chi connectivity index (χ1v) is 10.2. The van der Waals surface area contributed by atoms with Crippen LogP contribution in [0.1, 0.15) is 31.4 Å². The summed E-state index contributed by atoms with van der Waals surface area (Å²) in [6.07, 6.45) is 0.804. The molecule has 2 amide bonds. The molecule has 144 valence electrons. The minimum absolute atomic E-state index is 0.0122. The number of nitrogens with one attached hydrogen (secondary N) is 1. The Morgan fingerprint density at radius 1 is 1.07 bits per heavy atom. The molecule has 27 heavy (non-hydrogen) atoms. The summed E-state index contributed by atoms with van der Waals surface area (Å²) in [5, 5.41) is 2.95. The number of anilines is 1. The van der Waals surface area contributed by atoms with Gasteiger partial charge in [0.05, 0.1) is 5.75 Å². The second-order valence-electron chi connectivity index (χ2n) is 6.68. The van der Waals surface area contributed by atoms with Crippen LogP contribution in [0.15, 0.2) is 53.4 Å². The molecule has 0 aliphatic carbocycles. The van der Waals surface area contributed by atoms with Crippen molar-refractivity contribution in [1.29, 1.82) is 0 Å². The summed E-state index contributed by atoms with van der Waals surface area (Å²) in [6, 6.07) is 15.7. The van der Waals surface area contributed by atoms with Crippen LogP contribution in [0, 0.1) is 13.8 Å². The molecule has 0 radical (unpaired) electrons. The van der Waals surface area contributed by atoms with Crippen molar-refractivity contribution in [2.75, 3.05) is 17.6 Å². The predicted molar refractivity (Wildman–Crippen MR) is 113 cm³/mol. The zero-order valence-corrected chi connectivity index (χ0v) is 17.3. The molecule has 5 heteroatoms. The highest BCUT2D eigenvalue weighted by Gasteiger charge is 2.22. The van der Waals surface area contributed by atoms with E-state index in [1.54, 1.807) is 4.90 Å². The molecule has 0 bridgehead atoms. The molecule has 0 fully saturated rings. The minimum Gasteiger partial charge on any atom is -0.330 e. The third kappa shape index (κ3) is 6.14. The summed E-state index contributed by atoms with van der Waals surface area (Å²) >= 11 is 1.50. The quantitative estimate of drug-likeness (QED) is 0.673. The molecule has 2 rings (SSSR count). The molecular weight excluding hydrogens is 356 g/mol. The van der Waals surface area contributed by atoms with Gasteiger partial charge in [-0.05, 0) is 56.5 Å². The molecule has 0 heterocycles. The lowest BCUT2D eigenvalue weighted by atomic mass is 10.1. The van der Waals surface area contributed by atoms with Crippen molar-refractivity contribution in [2.45, 2.75) is 45.1 Å². The van der Waals surface area contributed by atoms with Gasteiger partial charge < -0.3 is 10.2 Å². The first kappa shape index (κ1) is 21.0. The number of benzene rings is 2. The van der Waals surface area contributed by atoms with E-state index < -0.39 is 0 Å². The van der Waals surface area contributed by atoms with Crippen LogP contribution in [-0.4, -0.2) is 35.1 Å². The first-order chi connectivity index (χ1) is 12.9. The summed E-state index contributed by atoms with van der Waals surface area (Å²) in [4.78, 5) is 28.1. The Kier molecular flexibility index (Phi) is 7.92. The number of nitrogens with zero attached hydrogens (tertiary/aromatic N) is 1. The van der Waals surface area contributed by atoms with Crippen molar-refractivity contribution in [1.82, 2.24) is 4.90 Å². The molecular formula is C22H28N2O2S. The van der Waals surface area contributed by atoms with Crippen molar-refractivity contribution in [3.63, 3.8) is 0 Å². The van der Waals surface area contributed by atoms with Crippen LogP contribution in [0.3, 0.4) is 0 Å². The fourth-order valence-electron chi connectivity index (χ4n) is 2.69. The highest BCUT2D eigenvalue weighted by Crippen LogP contribution is 2.20. The zero-order chi connectivity index (χ0) is 19.8. The van der Waals surface area contributed by atoms with Crippen LogP contribution < -0.4 is 5.32 Å². The highest BCUT2D eigenvalue weighted by molar-refractivity contribution is 8.00. The van der Waals surface area contributed by atoms with Crippen molar-refractivity contribution >= 4 is 29.3 Å². The van der Waals surface area contributed by atoms with Crippen LogP contribution in [0.4, 0.5) is 5.69 Å². The third-order valence-corrected chi connectivity index (χ3v) is 5.74. The number of aryl methyl sites for hydroxylation is 1. The maximum absolute atomic E-state index is 12.8. The maximum Gasteiger partial charge on any atom is 0.244 e. The summed E-state index contributed by atoms with van der Waals surface area (Å²) in [5.41, 5.74) is 2.98. The van der Waals surface area contributed by atoms with E-state index in [-0.39, 0.29) is 24.4 Å². The Bertz CT molecular complexity index is 777. The van der Waals surface area contributed by atoms with E-state index in [2.05, 4.69) is 5.32 Å². The number of carbonyl (C=O) groups is 2. The largest absolute Gasteiger partial charge is 0.330 e. The Hall–Kier alpha value is -2.27. The van der Waals surface area contributed by atoms with Gasteiger partial charge in [0.15, 0.2) is 0 Å². The van der Waals surface area contributed by atoms with E-state index in [1.165, 1.54) is 11.8 Å². The zero-order valence-electron chi connectivity index (χ0n) is 16.5. The number of hydrogen-bond acceptors (Lipinski definition) is 3. The Morgan fingerprint density at radius 2 is 1.78 bits per heavy atom. The van der Waals surface area contributed by atoms with E-state index >= 15 is 0 Å². The lowest BCUT2D eigenvalue weighted by Gasteiger charge is -2.28. The monoisotopic (exact) mass is 384 g/mol. The van der Waals surface area contributed by atoms with Crippen LogP contribution in [-0.2, 0) is 9.59 Å². The lowest BCUT2D eigenvalue weighted by Crippen LogP contribution is -2.44. The van der Waals surface area contributed by atoms with Gasteiger partial charge in [-0.1, -0.05) is 37.3 Å². The molecule has 2 aromatic carbocycles. The van der Waals surface area contributed by atoms with E-state index in [1.807, 2.05) is 76.2 Å². The molecule has 1 atom stereocenters.